The van der Waals surface area contributed by atoms with E-state index < -0.39 is 23.8 Å². The van der Waals surface area contributed by atoms with Gasteiger partial charge in [0.2, 0.25) is 11.8 Å². The zero-order valence-electron chi connectivity index (χ0n) is 21.2. The predicted octanol–water partition coefficient (Wildman–Crippen LogP) is 4.41. The maximum Gasteiger partial charge on any atom is 0.408 e. The Kier molecular flexibility index (Phi) is 10.2. The molecule has 0 aliphatic heterocycles. The number of likely N-dealkylation sites (N-methyl/N-ethyl adjacent to an activating group) is 1. The lowest BCUT2D eigenvalue weighted by Crippen LogP contribution is -2.52. The molecule has 180 valence electrons. The van der Waals surface area contributed by atoms with Crippen molar-refractivity contribution < 1.29 is 19.1 Å². The molecule has 3 unspecified atom stereocenters. The topological polar surface area (TPSA) is 87.7 Å². The maximum absolute atomic E-state index is 13.5. The van der Waals surface area contributed by atoms with Crippen molar-refractivity contribution in [2.75, 3.05) is 6.54 Å². The lowest BCUT2D eigenvalue weighted by atomic mass is 9.93. The highest BCUT2D eigenvalue weighted by atomic mass is 16.6. The van der Waals surface area contributed by atoms with Gasteiger partial charge in [-0.25, -0.2) is 4.79 Å². The van der Waals surface area contributed by atoms with E-state index in [2.05, 4.69) is 17.6 Å². The molecule has 2 N–H and O–H groups in total. The monoisotopic (exact) mass is 447 g/mol. The summed E-state index contributed by atoms with van der Waals surface area (Å²) in [4.78, 5) is 40.6. The van der Waals surface area contributed by atoms with Crippen molar-refractivity contribution in [1.29, 1.82) is 0 Å². The minimum absolute atomic E-state index is 0.00885. The summed E-state index contributed by atoms with van der Waals surface area (Å²) in [6.07, 6.45) is 1.13. The fourth-order valence-corrected chi connectivity index (χ4v) is 3.77. The molecule has 1 aromatic rings. The van der Waals surface area contributed by atoms with Crippen molar-refractivity contribution in [2.24, 2.45) is 0 Å². The summed E-state index contributed by atoms with van der Waals surface area (Å²) in [5.74, 6) is -0.563. The molecule has 0 aromatic heterocycles. The number of hydrogen-bond acceptors (Lipinski definition) is 4. The lowest BCUT2D eigenvalue weighted by Gasteiger charge is -2.35. The maximum atomic E-state index is 13.5. The van der Waals surface area contributed by atoms with Crippen LogP contribution in [0.3, 0.4) is 0 Å². The van der Waals surface area contributed by atoms with E-state index >= 15 is 0 Å². The van der Waals surface area contributed by atoms with Crippen LogP contribution in [0.4, 0.5) is 4.79 Å². The molecule has 7 heteroatoms. The third-order valence-corrected chi connectivity index (χ3v) is 5.21. The van der Waals surface area contributed by atoms with E-state index in [4.69, 9.17) is 4.74 Å². The first-order chi connectivity index (χ1) is 14.8. The van der Waals surface area contributed by atoms with Crippen LogP contribution in [-0.2, 0) is 14.3 Å². The molecule has 0 bridgehead atoms. The van der Waals surface area contributed by atoms with E-state index in [1.165, 1.54) is 4.90 Å². The zero-order valence-corrected chi connectivity index (χ0v) is 21.2. The predicted molar refractivity (Wildman–Crippen MR) is 127 cm³/mol. The number of carbonyl (C=O) groups is 3. The molecule has 0 saturated carbocycles. The Labute approximate surface area is 193 Å². The second-order valence-corrected chi connectivity index (χ2v) is 9.40. The molecule has 0 saturated heterocycles. The summed E-state index contributed by atoms with van der Waals surface area (Å²) < 4.78 is 5.28. The van der Waals surface area contributed by atoms with E-state index in [1.54, 1.807) is 27.7 Å². The first kappa shape index (κ1) is 27.5. The van der Waals surface area contributed by atoms with Gasteiger partial charge in [0.05, 0.1) is 0 Å². The Morgan fingerprint density at radius 3 is 2.06 bits per heavy atom. The van der Waals surface area contributed by atoms with Crippen molar-refractivity contribution in [3.05, 3.63) is 34.9 Å². The molecule has 0 fully saturated rings. The zero-order chi connectivity index (χ0) is 24.6. The number of benzene rings is 1. The van der Waals surface area contributed by atoms with E-state index in [1.807, 2.05) is 45.9 Å². The number of aryl methyl sites for hydroxylation is 2. The molecular formula is C25H41N3O4. The Hall–Kier alpha value is -2.57. The highest BCUT2D eigenvalue weighted by Crippen LogP contribution is 2.28. The Balaban J connectivity index is 3.29. The van der Waals surface area contributed by atoms with Crippen molar-refractivity contribution in [1.82, 2.24) is 15.5 Å². The van der Waals surface area contributed by atoms with Gasteiger partial charge in [-0.1, -0.05) is 31.5 Å². The third kappa shape index (κ3) is 7.84. The Morgan fingerprint density at radius 1 is 1.03 bits per heavy atom. The average molecular weight is 448 g/mol. The second kappa shape index (κ2) is 11.9. The van der Waals surface area contributed by atoms with Gasteiger partial charge in [0.1, 0.15) is 17.7 Å². The van der Waals surface area contributed by atoms with Crippen molar-refractivity contribution >= 4 is 17.9 Å². The van der Waals surface area contributed by atoms with Gasteiger partial charge in [0.25, 0.3) is 0 Å². The number of rotatable bonds is 9. The van der Waals surface area contributed by atoms with Crippen LogP contribution >= 0.6 is 0 Å². The standard InChI is InChI=1S/C25H41N3O4/c1-10-13-18(5)26-22(29)21(20-16(3)14-12-15-17(20)4)28(11-2)23(30)19(6)27-24(31)32-25(7,8)9/h12,14-15,18-19,21H,10-11,13H2,1-9H3,(H,26,29)(H,27,31). The van der Waals surface area contributed by atoms with Crippen LogP contribution < -0.4 is 10.6 Å². The van der Waals surface area contributed by atoms with Crippen molar-refractivity contribution in [3.63, 3.8) is 0 Å². The Morgan fingerprint density at radius 2 is 1.59 bits per heavy atom. The van der Waals surface area contributed by atoms with E-state index in [9.17, 15) is 14.4 Å². The van der Waals surface area contributed by atoms with Gasteiger partial charge < -0.3 is 20.3 Å². The molecule has 0 aliphatic rings. The van der Waals surface area contributed by atoms with E-state index in [0.717, 1.165) is 29.5 Å². The Bertz CT molecular complexity index is 781. The number of nitrogens with one attached hydrogen (secondary N) is 2. The summed E-state index contributed by atoms with van der Waals surface area (Å²) in [6.45, 7) is 17.0. The largest absolute Gasteiger partial charge is 0.444 e. The fourth-order valence-electron chi connectivity index (χ4n) is 3.77. The van der Waals surface area contributed by atoms with Gasteiger partial charge in [-0.15, -0.1) is 0 Å². The molecule has 0 aliphatic carbocycles. The molecule has 3 atom stereocenters. The molecule has 32 heavy (non-hydrogen) atoms. The molecule has 0 heterocycles. The minimum atomic E-state index is -0.850. The van der Waals surface area contributed by atoms with Crippen molar-refractivity contribution in [2.45, 2.75) is 98.9 Å². The van der Waals surface area contributed by atoms with Gasteiger partial charge in [-0.3, -0.25) is 9.59 Å². The van der Waals surface area contributed by atoms with Gasteiger partial charge in [-0.2, -0.15) is 0 Å². The number of amides is 3. The van der Waals surface area contributed by atoms with E-state index in [-0.39, 0.29) is 17.9 Å². The number of alkyl carbamates (subject to hydrolysis) is 1. The van der Waals surface area contributed by atoms with Crippen LogP contribution in [0.1, 0.15) is 84.0 Å². The number of nitrogens with zero attached hydrogens (tertiary/aromatic N) is 1. The second-order valence-electron chi connectivity index (χ2n) is 9.40. The van der Waals surface area contributed by atoms with Crippen LogP contribution in [0.2, 0.25) is 0 Å². The smallest absolute Gasteiger partial charge is 0.408 e. The SMILES string of the molecule is CCCC(C)NC(=O)C(c1c(C)cccc1C)N(CC)C(=O)C(C)NC(=O)OC(C)(C)C. The van der Waals surface area contributed by atoms with Crippen molar-refractivity contribution in [3.8, 4) is 0 Å². The first-order valence-electron chi connectivity index (χ1n) is 11.5. The number of hydrogen-bond donors (Lipinski definition) is 2. The van der Waals surface area contributed by atoms with Crippen LogP contribution in [0, 0.1) is 13.8 Å². The summed E-state index contributed by atoms with van der Waals surface area (Å²) in [7, 11) is 0. The summed E-state index contributed by atoms with van der Waals surface area (Å²) in [6, 6.07) is 4.17. The molecular weight excluding hydrogens is 406 g/mol. The van der Waals surface area contributed by atoms with Gasteiger partial charge in [0.15, 0.2) is 0 Å². The highest BCUT2D eigenvalue weighted by Gasteiger charge is 2.35. The highest BCUT2D eigenvalue weighted by molar-refractivity contribution is 5.92. The molecule has 0 radical (unpaired) electrons. The fraction of sp³-hybridized carbons (Fsp3) is 0.640. The third-order valence-electron chi connectivity index (χ3n) is 5.21. The summed E-state index contributed by atoms with van der Waals surface area (Å²) in [5.41, 5.74) is 2.01. The number of carbonyl (C=O) groups excluding carboxylic acids is 3. The van der Waals surface area contributed by atoms with Gasteiger partial charge >= 0.3 is 6.09 Å². The normalized spacial score (nSPS) is 14.2. The van der Waals surface area contributed by atoms with Gasteiger partial charge in [0, 0.05) is 12.6 Å². The summed E-state index contributed by atoms with van der Waals surface area (Å²) >= 11 is 0. The molecule has 7 nitrogen and oxygen atoms in total. The number of ether oxygens (including phenoxy) is 1. The average Bonchev–Trinajstić information content (AvgIpc) is 2.65. The van der Waals surface area contributed by atoms with Crippen LogP contribution in [0.15, 0.2) is 18.2 Å². The quantitative estimate of drug-likeness (QED) is 0.587. The molecule has 1 aromatic carbocycles. The molecule has 1 rings (SSSR count). The first-order valence-corrected chi connectivity index (χ1v) is 11.5. The summed E-state index contributed by atoms with van der Waals surface area (Å²) in [5, 5.41) is 5.67. The minimum Gasteiger partial charge on any atom is -0.444 e. The van der Waals surface area contributed by atoms with Gasteiger partial charge in [-0.05, 0) is 78.5 Å². The van der Waals surface area contributed by atoms with Crippen LogP contribution in [0.5, 0.6) is 0 Å². The van der Waals surface area contributed by atoms with Crippen LogP contribution in [0.25, 0.3) is 0 Å². The molecule has 0 spiro atoms. The van der Waals surface area contributed by atoms with Crippen LogP contribution in [-0.4, -0.2) is 47.0 Å². The molecule has 3 amide bonds. The lowest BCUT2D eigenvalue weighted by molar-refractivity contribution is -0.142. The van der Waals surface area contributed by atoms with E-state index in [0.29, 0.717) is 6.54 Å².